The lowest BCUT2D eigenvalue weighted by Gasteiger charge is -2.42. The number of hydrogen-bond donors (Lipinski definition) is 0. The van der Waals surface area contributed by atoms with Crippen LogP contribution in [0.15, 0.2) is 29.3 Å². The molecule has 0 aromatic heterocycles. The SMILES string of the molecule is COC(=O)[C@]1(C)N=C(C)O[C@]12C(=O)N(C)C(=O)c1ccccc12. The molecule has 0 saturated heterocycles. The first kappa shape index (κ1) is 15.2. The van der Waals surface area contributed by atoms with Gasteiger partial charge in [-0.25, -0.2) is 9.79 Å². The second kappa shape index (κ2) is 4.65. The standard InChI is InChI=1S/C16H16N2O5/c1-9-17-15(2,14(21)22-4)16(23-9)11-8-6-5-7-10(11)12(19)18(3)13(16)20/h5-8H,1-4H3/t15-,16+/m0/s1. The monoisotopic (exact) mass is 316 g/mol. The molecule has 1 aromatic rings. The molecule has 2 aliphatic heterocycles. The normalized spacial score (nSPS) is 29.2. The molecule has 120 valence electrons. The molecule has 7 nitrogen and oxygen atoms in total. The number of carbonyl (C=O) groups is 3. The Balaban J connectivity index is 2.37. The Morgan fingerprint density at radius 3 is 2.61 bits per heavy atom. The number of likely N-dealkylation sites (N-methyl/N-ethyl adjacent to an activating group) is 1. The fourth-order valence-corrected chi connectivity index (χ4v) is 3.30. The van der Waals surface area contributed by atoms with Gasteiger partial charge in [0.15, 0.2) is 5.90 Å². The van der Waals surface area contributed by atoms with Gasteiger partial charge in [-0.3, -0.25) is 14.5 Å². The molecule has 0 saturated carbocycles. The average molecular weight is 316 g/mol. The number of esters is 1. The molecule has 0 N–H and O–H groups in total. The first-order valence-corrected chi connectivity index (χ1v) is 7.05. The van der Waals surface area contributed by atoms with Crippen LogP contribution < -0.4 is 0 Å². The lowest BCUT2D eigenvalue weighted by atomic mass is 9.72. The zero-order chi connectivity index (χ0) is 17.0. The van der Waals surface area contributed by atoms with Crippen LogP contribution in [0.2, 0.25) is 0 Å². The van der Waals surface area contributed by atoms with Crippen LogP contribution in [0.1, 0.15) is 29.8 Å². The van der Waals surface area contributed by atoms with Crippen molar-refractivity contribution in [2.75, 3.05) is 14.2 Å². The quantitative estimate of drug-likeness (QED) is 0.567. The van der Waals surface area contributed by atoms with Crippen molar-refractivity contribution in [3.05, 3.63) is 35.4 Å². The predicted molar refractivity (Wildman–Crippen MR) is 79.8 cm³/mol. The predicted octanol–water partition coefficient (Wildman–Crippen LogP) is 0.874. The van der Waals surface area contributed by atoms with Crippen molar-refractivity contribution in [3.63, 3.8) is 0 Å². The molecule has 23 heavy (non-hydrogen) atoms. The maximum atomic E-state index is 13.0. The zero-order valence-corrected chi connectivity index (χ0v) is 13.2. The molecule has 2 aliphatic rings. The van der Waals surface area contributed by atoms with Gasteiger partial charge >= 0.3 is 5.97 Å². The molecule has 0 radical (unpaired) electrons. The van der Waals surface area contributed by atoms with Gasteiger partial charge in [-0.1, -0.05) is 18.2 Å². The van der Waals surface area contributed by atoms with Crippen LogP contribution in [0.4, 0.5) is 0 Å². The number of hydrogen-bond acceptors (Lipinski definition) is 6. The Morgan fingerprint density at radius 2 is 1.96 bits per heavy atom. The maximum absolute atomic E-state index is 13.0. The van der Waals surface area contributed by atoms with Crippen LogP contribution in [0.5, 0.6) is 0 Å². The van der Waals surface area contributed by atoms with E-state index in [0.29, 0.717) is 11.1 Å². The molecular weight excluding hydrogens is 300 g/mol. The van der Waals surface area contributed by atoms with Crippen LogP contribution in [-0.4, -0.2) is 48.3 Å². The van der Waals surface area contributed by atoms with E-state index in [2.05, 4.69) is 4.99 Å². The number of benzene rings is 1. The number of amides is 2. The van der Waals surface area contributed by atoms with Crippen LogP contribution >= 0.6 is 0 Å². The summed E-state index contributed by atoms with van der Waals surface area (Å²) < 4.78 is 10.6. The molecule has 1 aromatic carbocycles. The zero-order valence-electron chi connectivity index (χ0n) is 13.2. The molecule has 0 unspecified atom stereocenters. The first-order chi connectivity index (χ1) is 10.8. The van der Waals surface area contributed by atoms with E-state index in [1.807, 2.05) is 0 Å². The van der Waals surface area contributed by atoms with E-state index in [9.17, 15) is 14.4 Å². The summed E-state index contributed by atoms with van der Waals surface area (Å²) in [5, 5.41) is 0. The Morgan fingerprint density at radius 1 is 1.30 bits per heavy atom. The van der Waals surface area contributed by atoms with E-state index in [-0.39, 0.29) is 5.90 Å². The van der Waals surface area contributed by atoms with Gasteiger partial charge < -0.3 is 9.47 Å². The Hall–Kier alpha value is -2.70. The van der Waals surface area contributed by atoms with Crippen molar-refractivity contribution >= 4 is 23.7 Å². The van der Waals surface area contributed by atoms with E-state index < -0.39 is 28.9 Å². The van der Waals surface area contributed by atoms with Crippen molar-refractivity contribution in [2.24, 2.45) is 4.99 Å². The summed E-state index contributed by atoms with van der Waals surface area (Å²) in [6.07, 6.45) is 0. The second-order valence-electron chi connectivity index (χ2n) is 5.69. The molecule has 3 rings (SSSR count). The number of imide groups is 1. The second-order valence-corrected chi connectivity index (χ2v) is 5.69. The minimum absolute atomic E-state index is 0.184. The van der Waals surface area contributed by atoms with Crippen molar-refractivity contribution in [1.82, 2.24) is 4.90 Å². The van der Waals surface area contributed by atoms with Crippen LogP contribution in [0.25, 0.3) is 0 Å². The highest BCUT2D eigenvalue weighted by Crippen LogP contribution is 2.49. The Bertz CT molecular complexity index is 771. The van der Waals surface area contributed by atoms with Gasteiger partial charge in [-0.2, -0.15) is 0 Å². The number of rotatable bonds is 1. The molecular formula is C16H16N2O5. The number of nitrogens with zero attached hydrogens (tertiary/aromatic N) is 2. The van der Waals surface area contributed by atoms with Gasteiger partial charge in [0.1, 0.15) is 0 Å². The summed E-state index contributed by atoms with van der Waals surface area (Å²) in [7, 11) is 2.58. The van der Waals surface area contributed by atoms with E-state index in [1.54, 1.807) is 31.2 Å². The summed E-state index contributed by atoms with van der Waals surface area (Å²) in [5.41, 5.74) is -2.74. The molecule has 7 heteroatoms. The van der Waals surface area contributed by atoms with Gasteiger partial charge in [-0.05, 0) is 13.0 Å². The third-order valence-electron chi connectivity index (χ3n) is 4.40. The number of aliphatic imine (C=N–C) groups is 1. The fourth-order valence-electron chi connectivity index (χ4n) is 3.30. The van der Waals surface area contributed by atoms with E-state index in [1.165, 1.54) is 21.1 Å². The Kier molecular flexibility index (Phi) is 3.07. The molecule has 0 fully saturated rings. The summed E-state index contributed by atoms with van der Waals surface area (Å²) in [6, 6.07) is 6.57. The summed E-state index contributed by atoms with van der Waals surface area (Å²) in [5.74, 6) is -1.62. The maximum Gasteiger partial charge on any atom is 0.338 e. The third-order valence-corrected chi connectivity index (χ3v) is 4.40. The summed E-state index contributed by atoms with van der Waals surface area (Å²) in [4.78, 5) is 43.0. The third kappa shape index (κ3) is 1.64. The largest absolute Gasteiger partial charge is 0.467 e. The first-order valence-electron chi connectivity index (χ1n) is 7.05. The van der Waals surface area contributed by atoms with Crippen molar-refractivity contribution in [1.29, 1.82) is 0 Å². The average Bonchev–Trinajstić information content (AvgIpc) is 2.83. The number of ether oxygens (including phenoxy) is 2. The molecule has 2 amide bonds. The minimum Gasteiger partial charge on any atom is -0.467 e. The van der Waals surface area contributed by atoms with Crippen LogP contribution in [-0.2, 0) is 24.7 Å². The van der Waals surface area contributed by atoms with Crippen LogP contribution in [0, 0.1) is 0 Å². The topological polar surface area (TPSA) is 85.3 Å². The highest BCUT2D eigenvalue weighted by molar-refractivity contribution is 6.16. The van der Waals surface area contributed by atoms with E-state index in [4.69, 9.17) is 9.47 Å². The van der Waals surface area contributed by atoms with Crippen molar-refractivity contribution in [3.8, 4) is 0 Å². The van der Waals surface area contributed by atoms with Gasteiger partial charge in [0.2, 0.25) is 11.1 Å². The number of carbonyl (C=O) groups excluding carboxylic acids is 3. The van der Waals surface area contributed by atoms with Gasteiger partial charge in [0.05, 0.1) is 7.11 Å². The number of fused-ring (bicyclic) bond motifs is 2. The smallest absolute Gasteiger partial charge is 0.338 e. The Labute approximate surface area is 132 Å². The van der Waals surface area contributed by atoms with Crippen molar-refractivity contribution in [2.45, 2.75) is 25.0 Å². The van der Waals surface area contributed by atoms with Gasteiger partial charge in [0.25, 0.3) is 11.8 Å². The lowest BCUT2D eigenvalue weighted by molar-refractivity contribution is -0.166. The lowest BCUT2D eigenvalue weighted by Crippen LogP contribution is -2.64. The molecule has 0 bridgehead atoms. The van der Waals surface area contributed by atoms with Crippen LogP contribution in [0.3, 0.4) is 0 Å². The fraction of sp³-hybridized carbons (Fsp3) is 0.375. The molecule has 1 spiro atoms. The highest BCUT2D eigenvalue weighted by Gasteiger charge is 2.70. The molecule has 0 aliphatic carbocycles. The van der Waals surface area contributed by atoms with Crippen molar-refractivity contribution < 1.29 is 23.9 Å². The minimum atomic E-state index is -1.75. The van der Waals surface area contributed by atoms with Gasteiger partial charge in [-0.15, -0.1) is 0 Å². The highest BCUT2D eigenvalue weighted by atomic mass is 16.6. The van der Waals surface area contributed by atoms with E-state index >= 15 is 0 Å². The molecule has 2 atom stereocenters. The summed E-state index contributed by atoms with van der Waals surface area (Å²) >= 11 is 0. The van der Waals surface area contributed by atoms with Gasteiger partial charge in [0, 0.05) is 25.1 Å². The molecule has 2 heterocycles. The van der Waals surface area contributed by atoms with E-state index in [0.717, 1.165) is 4.90 Å². The summed E-state index contributed by atoms with van der Waals surface area (Å²) in [6.45, 7) is 3.04. The number of methoxy groups -OCH3 is 1.